The summed E-state index contributed by atoms with van der Waals surface area (Å²) >= 11 is 14.0. The molecule has 1 unspecified atom stereocenters. The maximum absolute atomic E-state index is 6.38. The Morgan fingerprint density at radius 2 is 1.88 bits per heavy atom. The number of hydrogen-bond acceptors (Lipinski definition) is 4. The van der Waals surface area contributed by atoms with Gasteiger partial charge in [0.1, 0.15) is 0 Å². The number of rotatable bonds is 5. The molecule has 1 heterocycles. The molecule has 0 aliphatic carbocycles. The van der Waals surface area contributed by atoms with Gasteiger partial charge in [-0.2, -0.15) is 0 Å². The van der Waals surface area contributed by atoms with Crippen molar-refractivity contribution in [3.8, 4) is 5.69 Å². The molecular formula is C17H16Cl2N4S. The van der Waals surface area contributed by atoms with Gasteiger partial charge in [-0.25, -0.2) is 0 Å². The zero-order valence-corrected chi connectivity index (χ0v) is 15.3. The van der Waals surface area contributed by atoms with Crippen molar-refractivity contribution in [2.75, 3.05) is 0 Å². The molecule has 3 rings (SSSR count). The highest BCUT2D eigenvalue weighted by Gasteiger charge is 2.19. The third kappa shape index (κ3) is 3.75. The molecule has 1 aromatic heterocycles. The van der Waals surface area contributed by atoms with Gasteiger partial charge in [0, 0.05) is 10.8 Å². The highest BCUT2D eigenvalue weighted by molar-refractivity contribution is 7.98. The zero-order valence-electron chi connectivity index (χ0n) is 13.0. The van der Waals surface area contributed by atoms with E-state index in [4.69, 9.17) is 28.9 Å². The fourth-order valence-corrected chi connectivity index (χ4v) is 3.68. The molecule has 0 fully saturated rings. The lowest BCUT2D eigenvalue weighted by Gasteiger charge is -2.13. The Morgan fingerprint density at radius 3 is 2.54 bits per heavy atom. The van der Waals surface area contributed by atoms with E-state index in [1.165, 1.54) is 5.56 Å². The Hall–Kier alpha value is -1.53. The minimum absolute atomic E-state index is 0.268. The highest BCUT2D eigenvalue weighted by Crippen LogP contribution is 2.31. The van der Waals surface area contributed by atoms with E-state index in [0.717, 1.165) is 16.6 Å². The van der Waals surface area contributed by atoms with Gasteiger partial charge >= 0.3 is 0 Å². The topological polar surface area (TPSA) is 56.7 Å². The van der Waals surface area contributed by atoms with Crippen molar-refractivity contribution in [3.63, 3.8) is 0 Å². The van der Waals surface area contributed by atoms with Gasteiger partial charge in [-0.3, -0.25) is 4.57 Å². The van der Waals surface area contributed by atoms with Crippen molar-refractivity contribution in [3.05, 3.63) is 70.0 Å². The maximum atomic E-state index is 6.38. The largest absolute Gasteiger partial charge is 0.322 e. The second-order valence-electron chi connectivity index (χ2n) is 5.33. The first-order valence-electron chi connectivity index (χ1n) is 7.39. The van der Waals surface area contributed by atoms with Gasteiger partial charge in [0.25, 0.3) is 0 Å². The summed E-state index contributed by atoms with van der Waals surface area (Å²) in [6.07, 6.45) is 0. The van der Waals surface area contributed by atoms with Gasteiger partial charge in [-0.1, -0.05) is 65.3 Å². The summed E-state index contributed by atoms with van der Waals surface area (Å²) in [7, 11) is 0. The lowest BCUT2D eigenvalue weighted by Crippen LogP contribution is -2.13. The number of hydrogen-bond donors (Lipinski definition) is 1. The van der Waals surface area contributed by atoms with E-state index in [1.54, 1.807) is 23.9 Å². The normalized spacial score (nSPS) is 12.3. The van der Waals surface area contributed by atoms with E-state index in [9.17, 15) is 0 Å². The fourth-order valence-electron chi connectivity index (χ4n) is 2.28. The number of thioether (sulfide) groups is 1. The van der Waals surface area contributed by atoms with Crippen LogP contribution in [0.15, 0.2) is 53.7 Å². The molecule has 2 N–H and O–H groups in total. The average Bonchev–Trinajstić information content (AvgIpc) is 2.98. The molecule has 0 saturated carbocycles. The van der Waals surface area contributed by atoms with Gasteiger partial charge in [0.05, 0.1) is 16.8 Å². The van der Waals surface area contributed by atoms with Crippen LogP contribution in [0.1, 0.15) is 24.4 Å². The van der Waals surface area contributed by atoms with E-state index in [0.29, 0.717) is 15.9 Å². The Morgan fingerprint density at radius 1 is 1.12 bits per heavy atom. The van der Waals surface area contributed by atoms with Gasteiger partial charge in [0.2, 0.25) is 0 Å². The van der Waals surface area contributed by atoms with Crippen molar-refractivity contribution >= 4 is 35.0 Å². The molecule has 2 aromatic carbocycles. The number of nitrogens with two attached hydrogens (primary N) is 1. The Balaban J connectivity index is 1.98. The first-order chi connectivity index (χ1) is 11.6. The minimum atomic E-state index is -0.268. The number of aromatic nitrogens is 3. The summed E-state index contributed by atoms with van der Waals surface area (Å²) in [4.78, 5) is 0. The second-order valence-corrected chi connectivity index (χ2v) is 7.12. The number of nitrogens with zero attached hydrogens (tertiary/aromatic N) is 3. The molecule has 7 heteroatoms. The van der Waals surface area contributed by atoms with E-state index in [2.05, 4.69) is 22.3 Å². The van der Waals surface area contributed by atoms with Crippen molar-refractivity contribution < 1.29 is 0 Å². The molecule has 0 aliphatic heterocycles. The molecule has 0 bridgehead atoms. The quantitative estimate of drug-likeness (QED) is 0.642. The smallest absolute Gasteiger partial charge is 0.196 e. The summed E-state index contributed by atoms with van der Waals surface area (Å²) in [6.45, 7) is 1.87. The molecule has 0 amide bonds. The SMILES string of the molecule is CC(N)c1nnc(SCc2ccccc2)n1-c1ccc(Cl)cc1Cl. The van der Waals surface area contributed by atoms with Crippen LogP contribution in [0.5, 0.6) is 0 Å². The summed E-state index contributed by atoms with van der Waals surface area (Å²) in [5.74, 6) is 1.44. The summed E-state index contributed by atoms with van der Waals surface area (Å²) in [5.41, 5.74) is 8.03. The first kappa shape index (κ1) is 17.3. The van der Waals surface area contributed by atoms with Crippen LogP contribution < -0.4 is 5.73 Å². The molecule has 4 nitrogen and oxygen atoms in total. The first-order valence-corrected chi connectivity index (χ1v) is 9.13. The van der Waals surface area contributed by atoms with Crippen LogP contribution in [0, 0.1) is 0 Å². The van der Waals surface area contributed by atoms with Gasteiger partial charge in [-0.05, 0) is 30.7 Å². The third-order valence-electron chi connectivity index (χ3n) is 3.43. The maximum Gasteiger partial charge on any atom is 0.196 e. The third-order valence-corrected chi connectivity index (χ3v) is 4.96. The molecule has 0 radical (unpaired) electrons. The molecule has 0 aliphatic rings. The Labute approximate surface area is 155 Å². The van der Waals surface area contributed by atoms with Crippen LogP contribution in [-0.4, -0.2) is 14.8 Å². The monoisotopic (exact) mass is 378 g/mol. The standard InChI is InChI=1S/C17H16Cl2N4S/c1-11(20)16-21-22-17(24-10-12-5-3-2-4-6-12)23(16)15-8-7-13(18)9-14(15)19/h2-9,11H,10,20H2,1H3. The molecule has 0 spiro atoms. The summed E-state index contributed by atoms with van der Waals surface area (Å²) < 4.78 is 1.90. The van der Waals surface area contributed by atoms with E-state index in [1.807, 2.05) is 35.8 Å². The van der Waals surface area contributed by atoms with Crippen molar-refractivity contribution in [2.24, 2.45) is 5.73 Å². The molecule has 124 valence electrons. The van der Waals surface area contributed by atoms with Crippen LogP contribution in [0.25, 0.3) is 5.69 Å². The van der Waals surface area contributed by atoms with Gasteiger partial charge in [0.15, 0.2) is 11.0 Å². The summed E-state index contributed by atoms with van der Waals surface area (Å²) in [6, 6.07) is 15.3. The number of halogens is 2. The van der Waals surface area contributed by atoms with E-state index in [-0.39, 0.29) is 6.04 Å². The van der Waals surface area contributed by atoms with Gasteiger partial charge in [-0.15, -0.1) is 10.2 Å². The Bertz CT molecular complexity index is 834. The average molecular weight is 379 g/mol. The highest BCUT2D eigenvalue weighted by atomic mass is 35.5. The van der Waals surface area contributed by atoms with Crippen molar-refractivity contribution in [2.45, 2.75) is 23.9 Å². The fraction of sp³-hybridized carbons (Fsp3) is 0.176. The minimum Gasteiger partial charge on any atom is -0.322 e. The molecule has 24 heavy (non-hydrogen) atoms. The van der Waals surface area contributed by atoms with E-state index >= 15 is 0 Å². The van der Waals surface area contributed by atoms with Crippen molar-refractivity contribution in [1.82, 2.24) is 14.8 Å². The molecule has 0 saturated heterocycles. The second kappa shape index (κ2) is 7.57. The van der Waals surface area contributed by atoms with Crippen LogP contribution in [0.3, 0.4) is 0 Å². The zero-order chi connectivity index (χ0) is 17.1. The summed E-state index contributed by atoms with van der Waals surface area (Å²) in [5, 5.41) is 10.4. The predicted octanol–water partition coefficient (Wildman–Crippen LogP) is 4.89. The van der Waals surface area contributed by atoms with Crippen molar-refractivity contribution in [1.29, 1.82) is 0 Å². The molecular weight excluding hydrogens is 363 g/mol. The molecule has 3 aromatic rings. The van der Waals surface area contributed by atoms with Crippen LogP contribution in [0.4, 0.5) is 0 Å². The van der Waals surface area contributed by atoms with Crippen LogP contribution in [-0.2, 0) is 5.75 Å². The number of benzene rings is 2. The lowest BCUT2D eigenvalue weighted by molar-refractivity contribution is 0.704. The van der Waals surface area contributed by atoms with E-state index < -0.39 is 0 Å². The van der Waals surface area contributed by atoms with Gasteiger partial charge < -0.3 is 5.73 Å². The Kier molecular flexibility index (Phi) is 5.46. The van der Waals surface area contributed by atoms with Crippen LogP contribution >= 0.6 is 35.0 Å². The van der Waals surface area contributed by atoms with Crippen LogP contribution in [0.2, 0.25) is 10.0 Å². The molecule has 1 atom stereocenters. The lowest BCUT2D eigenvalue weighted by atomic mass is 10.2. The predicted molar refractivity (Wildman–Crippen MR) is 100.0 cm³/mol.